The molecule has 0 saturated carbocycles. The summed E-state index contributed by atoms with van der Waals surface area (Å²) in [6.45, 7) is 17.3. The lowest BCUT2D eigenvalue weighted by atomic mass is 10.3. The van der Waals surface area contributed by atoms with Gasteiger partial charge in [-0.3, -0.25) is 0 Å². The molecule has 0 radical (unpaired) electrons. The standard InChI is InChI=1S/C15H34N2O3Si/c1-5-16-11-13-17(14-12-16)10-9-15-21(18-6-2,19-7-3)20-8-4/h5-15H2,1-4H3. The number of piperazine rings is 1. The molecule has 0 aromatic carbocycles. The second-order valence-corrected chi connectivity index (χ2v) is 8.09. The Morgan fingerprint density at radius 1 is 0.762 bits per heavy atom. The summed E-state index contributed by atoms with van der Waals surface area (Å²) in [5.74, 6) is 0. The predicted molar refractivity (Wildman–Crippen MR) is 88.6 cm³/mol. The molecule has 1 fully saturated rings. The third-order valence-corrected chi connectivity index (χ3v) is 7.11. The summed E-state index contributed by atoms with van der Waals surface area (Å²) in [6.07, 6.45) is 1.10. The van der Waals surface area contributed by atoms with Crippen molar-refractivity contribution in [3.8, 4) is 0 Å². The van der Waals surface area contributed by atoms with Gasteiger partial charge in [-0.15, -0.1) is 0 Å². The maximum Gasteiger partial charge on any atom is 0.500 e. The van der Waals surface area contributed by atoms with Gasteiger partial charge in [0.2, 0.25) is 0 Å². The Bertz CT molecular complexity index is 244. The van der Waals surface area contributed by atoms with Gasteiger partial charge < -0.3 is 23.1 Å². The van der Waals surface area contributed by atoms with Gasteiger partial charge in [0.15, 0.2) is 0 Å². The van der Waals surface area contributed by atoms with Crippen molar-refractivity contribution in [2.45, 2.75) is 40.2 Å². The third kappa shape index (κ3) is 6.75. The van der Waals surface area contributed by atoms with Crippen LogP contribution in [0.15, 0.2) is 0 Å². The highest BCUT2D eigenvalue weighted by Gasteiger charge is 2.39. The molecular formula is C15H34N2O3Si. The summed E-state index contributed by atoms with van der Waals surface area (Å²) in [5, 5.41) is 0. The number of rotatable bonds is 11. The third-order valence-electron chi connectivity index (χ3n) is 3.96. The van der Waals surface area contributed by atoms with Crippen LogP contribution in [0.5, 0.6) is 0 Å². The Hall–Kier alpha value is 0.0169. The van der Waals surface area contributed by atoms with Crippen molar-refractivity contribution >= 4 is 8.80 Å². The molecule has 0 bridgehead atoms. The van der Waals surface area contributed by atoms with Crippen LogP contribution in [-0.4, -0.2) is 77.7 Å². The number of hydrogen-bond acceptors (Lipinski definition) is 5. The molecular weight excluding hydrogens is 284 g/mol. The SMILES string of the molecule is CCO[Si](CCCN1CCN(CC)CC1)(OCC)OCC. The molecule has 1 heterocycles. The van der Waals surface area contributed by atoms with Gasteiger partial charge in [0.05, 0.1) is 0 Å². The Balaban J connectivity index is 2.35. The molecule has 5 nitrogen and oxygen atoms in total. The highest BCUT2D eigenvalue weighted by molar-refractivity contribution is 6.60. The normalized spacial score (nSPS) is 18.3. The van der Waals surface area contributed by atoms with Gasteiger partial charge in [0.25, 0.3) is 0 Å². The summed E-state index contributed by atoms with van der Waals surface area (Å²) in [6, 6.07) is 0.927. The van der Waals surface area contributed by atoms with Gasteiger partial charge in [-0.2, -0.15) is 0 Å². The summed E-state index contributed by atoms with van der Waals surface area (Å²) >= 11 is 0. The van der Waals surface area contributed by atoms with Crippen LogP contribution in [0.25, 0.3) is 0 Å². The molecule has 0 aromatic rings. The van der Waals surface area contributed by atoms with Crippen LogP contribution in [0.4, 0.5) is 0 Å². The molecule has 0 N–H and O–H groups in total. The number of nitrogens with zero attached hydrogens (tertiary/aromatic N) is 2. The summed E-state index contributed by atoms with van der Waals surface area (Å²) in [7, 11) is -2.44. The fourth-order valence-electron chi connectivity index (χ4n) is 2.85. The van der Waals surface area contributed by atoms with E-state index in [2.05, 4.69) is 16.7 Å². The lowest BCUT2D eigenvalue weighted by Crippen LogP contribution is -2.48. The molecule has 0 amide bonds. The monoisotopic (exact) mass is 318 g/mol. The van der Waals surface area contributed by atoms with Crippen molar-refractivity contribution < 1.29 is 13.3 Å². The molecule has 0 spiro atoms. The van der Waals surface area contributed by atoms with Crippen molar-refractivity contribution in [1.82, 2.24) is 9.80 Å². The molecule has 21 heavy (non-hydrogen) atoms. The fourth-order valence-corrected chi connectivity index (χ4v) is 5.44. The van der Waals surface area contributed by atoms with Gasteiger partial charge in [-0.25, -0.2) is 0 Å². The zero-order valence-electron chi connectivity index (χ0n) is 14.4. The van der Waals surface area contributed by atoms with Gasteiger partial charge in [-0.05, 0) is 40.3 Å². The maximum absolute atomic E-state index is 5.90. The minimum absolute atomic E-state index is 0.668. The molecule has 126 valence electrons. The number of likely N-dealkylation sites (N-methyl/N-ethyl adjacent to an activating group) is 1. The Kier molecular flexibility index (Phi) is 9.71. The minimum Gasteiger partial charge on any atom is -0.374 e. The van der Waals surface area contributed by atoms with Crippen molar-refractivity contribution in [2.75, 3.05) is 59.1 Å². The summed E-state index contributed by atoms with van der Waals surface area (Å²) in [4.78, 5) is 5.06. The zero-order valence-corrected chi connectivity index (χ0v) is 15.4. The molecule has 1 rings (SSSR count). The van der Waals surface area contributed by atoms with Crippen molar-refractivity contribution in [3.05, 3.63) is 0 Å². The highest BCUT2D eigenvalue weighted by atomic mass is 28.4. The van der Waals surface area contributed by atoms with Gasteiger partial charge in [-0.1, -0.05) is 6.92 Å². The fraction of sp³-hybridized carbons (Fsp3) is 1.00. The van der Waals surface area contributed by atoms with E-state index in [0.29, 0.717) is 19.8 Å². The lowest BCUT2D eigenvalue weighted by Gasteiger charge is -2.34. The Morgan fingerprint density at radius 2 is 1.24 bits per heavy atom. The average Bonchev–Trinajstić information content (AvgIpc) is 2.49. The molecule has 0 atom stereocenters. The van der Waals surface area contributed by atoms with E-state index in [1.54, 1.807) is 0 Å². The maximum atomic E-state index is 5.90. The topological polar surface area (TPSA) is 34.2 Å². The number of hydrogen-bond donors (Lipinski definition) is 0. The quantitative estimate of drug-likeness (QED) is 0.545. The van der Waals surface area contributed by atoms with Crippen LogP contribution < -0.4 is 0 Å². The van der Waals surface area contributed by atoms with Crippen LogP contribution in [0, 0.1) is 0 Å². The van der Waals surface area contributed by atoms with Crippen LogP contribution in [-0.2, 0) is 13.3 Å². The molecule has 6 heteroatoms. The van der Waals surface area contributed by atoms with E-state index in [1.165, 1.54) is 32.7 Å². The van der Waals surface area contributed by atoms with Crippen LogP contribution in [0.2, 0.25) is 6.04 Å². The minimum atomic E-state index is -2.44. The Morgan fingerprint density at radius 3 is 1.67 bits per heavy atom. The van der Waals surface area contributed by atoms with Crippen LogP contribution >= 0.6 is 0 Å². The van der Waals surface area contributed by atoms with E-state index in [9.17, 15) is 0 Å². The highest BCUT2D eigenvalue weighted by Crippen LogP contribution is 2.18. The molecule has 0 unspecified atom stereocenters. The Labute approximate surface area is 131 Å². The van der Waals surface area contributed by atoms with Crippen molar-refractivity contribution in [3.63, 3.8) is 0 Å². The van der Waals surface area contributed by atoms with E-state index in [4.69, 9.17) is 13.3 Å². The van der Waals surface area contributed by atoms with E-state index in [0.717, 1.165) is 19.0 Å². The molecule has 1 aliphatic rings. The summed E-state index contributed by atoms with van der Waals surface area (Å²) in [5.41, 5.74) is 0. The largest absolute Gasteiger partial charge is 0.500 e. The second-order valence-electron chi connectivity index (χ2n) is 5.36. The first kappa shape index (κ1) is 19.1. The molecule has 0 aliphatic carbocycles. The lowest BCUT2D eigenvalue weighted by molar-refractivity contribution is 0.0688. The van der Waals surface area contributed by atoms with Gasteiger partial charge >= 0.3 is 8.80 Å². The van der Waals surface area contributed by atoms with Crippen molar-refractivity contribution in [2.24, 2.45) is 0 Å². The average molecular weight is 319 g/mol. The molecule has 1 aliphatic heterocycles. The van der Waals surface area contributed by atoms with Crippen LogP contribution in [0.3, 0.4) is 0 Å². The summed E-state index contributed by atoms with van der Waals surface area (Å²) < 4.78 is 17.7. The van der Waals surface area contributed by atoms with Crippen molar-refractivity contribution in [1.29, 1.82) is 0 Å². The van der Waals surface area contributed by atoms with E-state index in [-0.39, 0.29) is 0 Å². The van der Waals surface area contributed by atoms with Gasteiger partial charge in [0.1, 0.15) is 0 Å². The smallest absolute Gasteiger partial charge is 0.374 e. The first-order valence-electron chi connectivity index (χ1n) is 8.56. The second kappa shape index (κ2) is 10.7. The molecule has 1 saturated heterocycles. The van der Waals surface area contributed by atoms with Gasteiger partial charge in [0, 0.05) is 52.0 Å². The molecule has 0 aromatic heterocycles. The predicted octanol–water partition coefficient (Wildman–Crippen LogP) is 2.06. The zero-order chi connectivity index (χ0) is 15.6. The van der Waals surface area contributed by atoms with E-state index in [1.807, 2.05) is 20.8 Å². The first-order valence-corrected chi connectivity index (χ1v) is 10.5. The first-order chi connectivity index (χ1) is 10.2. The van der Waals surface area contributed by atoms with E-state index < -0.39 is 8.80 Å². The van der Waals surface area contributed by atoms with E-state index >= 15 is 0 Å². The van der Waals surface area contributed by atoms with Crippen LogP contribution in [0.1, 0.15) is 34.1 Å².